The molecule has 0 radical (unpaired) electrons. The second kappa shape index (κ2) is 9.39. The number of aromatic nitrogens is 1. The third-order valence-corrected chi connectivity index (χ3v) is 3.87. The lowest BCUT2D eigenvalue weighted by Gasteiger charge is -2.22. The zero-order valence-electron chi connectivity index (χ0n) is 14.0. The summed E-state index contributed by atoms with van der Waals surface area (Å²) in [6, 6.07) is 13.3. The molecule has 0 saturated heterocycles. The van der Waals surface area contributed by atoms with E-state index in [2.05, 4.69) is 25.8 Å². The summed E-state index contributed by atoms with van der Waals surface area (Å²) in [5, 5.41) is 0. The van der Waals surface area contributed by atoms with Gasteiger partial charge in [-0.1, -0.05) is 30.3 Å². The Morgan fingerprint density at radius 1 is 1.12 bits per heavy atom. The first-order valence-electron chi connectivity index (χ1n) is 7.81. The molecule has 6 heteroatoms. The summed E-state index contributed by atoms with van der Waals surface area (Å²) in [5.41, 5.74) is 0.961. The van der Waals surface area contributed by atoms with Gasteiger partial charge in [-0.05, 0) is 60.7 Å². The Hall–Kier alpha value is -1.92. The normalized spacial score (nSPS) is 10.7. The molecule has 0 unspecified atom stereocenters. The molecule has 0 aliphatic carbocycles. The van der Waals surface area contributed by atoms with Gasteiger partial charge in [-0.15, -0.1) is 0 Å². The van der Waals surface area contributed by atoms with Crippen LogP contribution < -0.4 is 4.90 Å². The zero-order valence-corrected chi connectivity index (χ0v) is 15.6. The molecule has 1 heterocycles. The van der Waals surface area contributed by atoms with E-state index in [0.29, 0.717) is 12.4 Å². The quantitative estimate of drug-likeness (QED) is 0.716. The van der Waals surface area contributed by atoms with Crippen LogP contribution in [0.25, 0.3) is 0 Å². The van der Waals surface area contributed by atoms with Crippen LogP contribution in [0.5, 0.6) is 0 Å². The predicted molar refractivity (Wildman–Crippen MR) is 99.1 cm³/mol. The number of halogens is 1. The summed E-state index contributed by atoms with van der Waals surface area (Å²) < 4.78 is 6.33. The van der Waals surface area contributed by atoms with E-state index in [9.17, 15) is 4.79 Å². The number of hydrogen-bond acceptors (Lipinski definition) is 4. The number of pyridine rings is 1. The molecule has 0 aliphatic heterocycles. The number of anilines is 1. The molecule has 0 spiro atoms. The summed E-state index contributed by atoms with van der Waals surface area (Å²) >= 11 is 3.36. The van der Waals surface area contributed by atoms with Crippen LogP contribution in [0.3, 0.4) is 0 Å². The van der Waals surface area contributed by atoms with E-state index < -0.39 is 0 Å². The molecule has 0 atom stereocenters. The fraction of sp³-hybridized carbons (Fsp3) is 0.333. The average molecular weight is 392 g/mol. The second-order valence-corrected chi connectivity index (χ2v) is 6.60. The van der Waals surface area contributed by atoms with E-state index >= 15 is 0 Å². The molecule has 0 bridgehead atoms. The minimum atomic E-state index is -0.382. The van der Waals surface area contributed by atoms with Crippen molar-refractivity contribution >= 4 is 27.8 Å². The second-order valence-electron chi connectivity index (χ2n) is 5.68. The Kier molecular flexibility index (Phi) is 7.21. The molecule has 2 aromatic rings. The van der Waals surface area contributed by atoms with E-state index in [0.717, 1.165) is 23.0 Å². The van der Waals surface area contributed by atoms with Gasteiger partial charge in [0.15, 0.2) is 0 Å². The molecule has 0 N–H and O–H groups in total. The number of carbonyl (C=O) groups is 1. The van der Waals surface area contributed by atoms with E-state index in [1.165, 1.54) is 0 Å². The van der Waals surface area contributed by atoms with Gasteiger partial charge in [-0.3, -0.25) is 4.90 Å². The van der Waals surface area contributed by atoms with Crippen LogP contribution in [0, 0.1) is 0 Å². The van der Waals surface area contributed by atoms with Crippen molar-refractivity contribution in [3.05, 3.63) is 58.7 Å². The highest BCUT2D eigenvalue weighted by atomic mass is 79.9. The fourth-order valence-corrected chi connectivity index (χ4v) is 2.40. The molecule has 2 rings (SSSR count). The van der Waals surface area contributed by atoms with Crippen molar-refractivity contribution in [2.45, 2.75) is 13.0 Å². The number of rotatable bonds is 7. The summed E-state index contributed by atoms with van der Waals surface area (Å²) in [5.74, 6) is 0.593. The Balaban J connectivity index is 2.02. The molecule has 1 amide bonds. The van der Waals surface area contributed by atoms with Gasteiger partial charge in [0.1, 0.15) is 12.4 Å². The lowest BCUT2D eigenvalue weighted by Crippen LogP contribution is -2.34. The van der Waals surface area contributed by atoms with Crippen LogP contribution in [-0.2, 0) is 11.3 Å². The van der Waals surface area contributed by atoms with Crippen molar-refractivity contribution in [2.24, 2.45) is 0 Å². The van der Waals surface area contributed by atoms with Gasteiger partial charge in [-0.2, -0.15) is 0 Å². The Bertz CT molecular complexity index is 632. The van der Waals surface area contributed by atoms with Gasteiger partial charge < -0.3 is 9.64 Å². The lowest BCUT2D eigenvalue weighted by atomic mass is 10.2. The van der Waals surface area contributed by atoms with Gasteiger partial charge in [-0.25, -0.2) is 9.78 Å². The number of ether oxygens (including phenoxy) is 1. The molecule has 1 aromatic carbocycles. The van der Waals surface area contributed by atoms with Crippen LogP contribution >= 0.6 is 15.9 Å². The van der Waals surface area contributed by atoms with Gasteiger partial charge in [0.05, 0.1) is 0 Å². The number of hydrogen-bond donors (Lipinski definition) is 0. The highest BCUT2D eigenvalue weighted by Crippen LogP contribution is 2.17. The molecule has 5 nitrogen and oxygen atoms in total. The summed E-state index contributed by atoms with van der Waals surface area (Å²) in [6.45, 7) is 1.69. The van der Waals surface area contributed by atoms with Gasteiger partial charge in [0.25, 0.3) is 0 Å². The van der Waals surface area contributed by atoms with Crippen molar-refractivity contribution in [3.8, 4) is 0 Å². The first-order valence-corrected chi connectivity index (χ1v) is 8.60. The van der Waals surface area contributed by atoms with Crippen LogP contribution in [0.1, 0.15) is 12.0 Å². The van der Waals surface area contributed by atoms with Gasteiger partial charge in [0, 0.05) is 17.2 Å². The van der Waals surface area contributed by atoms with Gasteiger partial charge >= 0.3 is 6.09 Å². The number of benzene rings is 1. The van der Waals surface area contributed by atoms with Crippen molar-refractivity contribution < 1.29 is 9.53 Å². The van der Waals surface area contributed by atoms with E-state index in [4.69, 9.17) is 4.74 Å². The highest BCUT2D eigenvalue weighted by Gasteiger charge is 2.18. The lowest BCUT2D eigenvalue weighted by molar-refractivity contribution is 0.146. The van der Waals surface area contributed by atoms with Crippen LogP contribution in [0.2, 0.25) is 0 Å². The summed E-state index contributed by atoms with van der Waals surface area (Å²) in [7, 11) is 4.02. The SMILES string of the molecule is CN(C)CCCN(C(=O)OCc1ccccc1)c1ccc(Br)cn1. The van der Waals surface area contributed by atoms with Crippen LogP contribution in [0.4, 0.5) is 10.6 Å². The number of carbonyl (C=O) groups excluding carboxylic acids is 1. The van der Waals surface area contributed by atoms with E-state index in [1.54, 1.807) is 11.1 Å². The first kappa shape index (κ1) is 18.4. The third kappa shape index (κ3) is 5.94. The maximum atomic E-state index is 12.5. The molecular weight excluding hydrogens is 370 g/mol. The van der Waals surface area contributed by atoms with E-state index in [1.807, 2.05) is 56.6 Å². The minimum Gasteiger partial charge on any atom is -0.444 e. The summed E-state index contributed by atoms with van der Waals surface area (Å²) in [4.78, 5) is 20.5. The van der Waals surface area contributed by atoms with Crippen LogP contribution in [-0.4, -0.2) is 43.2 Å². The molecule has 1 aromatic heterocycles. The average Bonchev–Trinajstić information content (AvgIpc) is 2.58. The maximum absolute atomic E-state index is 12.5. The molecular formula is C18H22BrN3O2. The number of amides is 1. The molecule has 0 fully saturated rings. The van der Waals surface area contributed by atoms with Crippen molar-refractivity contribution in [1.29, 1.82) is 0 Å². The van der Waals surface area contributed by atoms with Crippen molar-refractivity contribution in [1.82, 2.24) is 9.88 Å². The first-order chi connectivity index (χ1) is 11.6. The Morgan fingerprint density at radius 2 is 1.88 bits per heavy atom. The Labute approximate surface area is 151 Å². The zero-order chi connectivity index (χ0) is 17.4. The molecule has 0 aliphatic rings. The minimum absolute atomic E-state index is 0.250. The Morgan fingerprint density at radius 3 is 2.50 bits per heavy atom. The van der Waals surface area contributed by atoms with Crippen LogP contribution in [0.15, 0.2) is 53.1 Å². The van der Waals surface area contributed by atoms with E-state index in [-0.39, 0.29) is 12.7 Å². The molecule has 24 heavy (non-hydrogen) atoms. The van der Waals surface area contributed by atoms with Crippen molar-refractivity contribution in [2.75, 3.05) is 32.1 Å². The number of nitrogens with zero attached hydrogens (tertiary/aromatic N) is 3. The highest BCUT2D eigenvalue weighted by molar-refractivity contribution is 9.10. The van der Waals surface area contributed by atoms with Crippen molar-refractivity contribution in [3.63, 3.8) is 0 Å². The standard InChI is InChI=1S/C18H22BrN3O2/c1-21(2)11-6-12-22(17-10-9-16(19)13-20-17)18(23)24-14-15-7-4-3-5-8-15/h3-5,7-10,13H,6,11-12,14H2,1-2H3. The summed E-state index contributed by atoms with van der Waals surface area (Å²) in [6.07, 6.45) is 2.14. The third-order valence-electron chi connectivity index (χ3n) is 3.40. The predicted octanol–water partition coefficient (Wildman–Crippen LogP) is 3.94. The molecule has 128 valence electrons. The van der Waals surface area contributed by atoms with Gasteiger partial charge in [0.2, 0.25) is 0 Å². The largest absolute Gasteiger partial charge is 0.444 e. The monoisotopic (exact) mass is 391 g/mol. The fourth-order valence-electron chi connectivity index (χ4n) is 2.17. The molecule has 0 saturated carbocycles. The topological polar surface area (TPSA) is 45.7 Å². The maximum Gasteiger partial charge on any atom is 0.415 e. The smallest absolute Gasteiger partial charge is 0.415 e.